The Morgan fingerprint density at radius 1 is 1.06 bits per heavy atom. The minimum Gasteiger partial charge on any atom is -0.481 e. The fourth-order valence-electron chi connectivity index (χ4n) is 6.03. The zero-order valence-corrected chi connectivity index (χ0v) is 20.0. The number of carboxylic acid groups (broad SMARTS) is 1. The molecule has 3 aliphatic carbocycles. The number of carbonyl (C=O) groups is 3. The summed E-state index contributed by atoms with van der Waals surface area (Å²) in [6, 6.07) is 15.4. The molecule has 2 saturated carbocycles. The van der Waals surface area contributed by atoms with Gasteiger partial charge < -0.3 is 20.5 Å². The van der Waals surface area contributed by atoms with Gasteiger partial charge in [-0.15, -0.1) is 0 Å². The van der Waals surface area contributed by atoms with Gasteiger partial charge in [0.25, 0.3) is 0 Å². The molecule has 0 bridgehead atoms. The van der Waals surface area contributed by atoms with E-state index in [-0.39, 0.29) is 30.4 Å². The van der Waals surface area contributed by atoms with Crippen LogP contribution in [0.3, 0.4) is 0 Å². The van der Waals surface area contributed by atoms with Crippen molar-refractivity contribution in [1.82, 2.24) is 10.6 Å². The lowest BCUT2D eigenvalue weighted by atomic mass is 9.98. The van der Waals surface area contributed by atoms with Gasteiger partial charge in [0.15, 0.2) is 0 Å². The SMILES string of the molecule is CCCCC(NC(=O)OCC1c2ccccc2-c2ccccc21)C(=O)N[C@@H]1C[C@H]2C[C@@]2(C(=O)O)C1. The van der Waals surface area contributed by atoms with Crippen molar-refractivity contribution < 1.29 is 24.2 Å². The van der Waals surface area contributed by atoms with E-state index in [2.05, 4.69) is 34.9 Å². The van der Waals surface area contributed by atoms with Crippen molar-refractivity contribution in [2.24, 2.45) is 11.3 Å². The second-order valence-corrected chi connectivity index (χ2v) is 10.2. The maximum absolute atomic E-state index is 13.0. The first kappa shape index (κ1) is 23.4. The molecule has 3 aliphatic rings. The minimum absolute atomic E-state index is 0.0477. The molecule has 0 aliphatic heterocycles. The highest BCUT2D eigenvalue weighted by molar-refractivity contribution is 5.86. The molecular formula is C28H32N2O5. The normalized spacial score (nSPS) is 24.6. The van der Waals surface area contributed by atoms with Gasteiger partial charge >= 0.3 is 12.1 Å². The van der Waals surface area contributed by atoms with Gasteiger partial charge in [0, 0.05) is 12.0 Å². The zero-order chi connectivity index (χ0) is 24.6. The first-order valence-electron chi connectivity index (χ1n) is 12.6. The fourth-order valence-corrected chi connectivity index (χ4v) is 6.03. The molecule has 0 radical (unpaired) electrons. The zero-order valence-electron chi connectivity index (χ0n) is 20.0. The summed E-state index contributed by atoms with van der Waals surface area (Å²) in [7, 11) is 0. The first-order valence-corrected chi connectivity index (χ1v) is 12.6. The molecule has 0 spiro atoms. The van der Waals surface area contributed by atoms with Crippen LogP contribution in [-0.2, 0) is 14.3 Å². The van der Waals surface area contributed by atoms with E-state index in [1.165, 1.54) is 0 Å². The van der Waals surface area contributed by atoms with Crippen molar-refractivity contribution in [3.05, 3.63) is 59.7 Å². The van der Waals surface area contributed by atoms with E-state index >= 15 is 0 Å². The number of rotatable bonds is 9. The summed E-state index contributed by atoms with van der Waals surface area (Å²) in [4.78, 5) is 37.3. The molecule has 0 heterocycles. The van der Waals surface area contributed by atoms with E-state index in [0.717, 1.165) is 35.1 Å². The molecule has 2 aromatic carbocycles. The predicted molar refractivity (Wildman–Crippen MR) is 131 cm³/mol. The van der Waals surface area contributed by atoms with Gasteiger partial charge in [0.05, 0.1) is 5.41 Å². The summed E-state index contributed by atoms with van der Waals surface area (Å²) >= 11 is 0. The maximum atomic E-state index is 13.0. The van der Waals surface area contributed by atoms with Gasteiger partial charge in [0.1, 0.15) is 12.6 Å². The summed E-state index contributed by atoms with van der Waals surface area (Å²) in [6.45, 7) is 2.22. The van der Waals surface area contributed by atoms with Gasteiger partial charge in [0.2, 0.25) is 5.91 Å². The molecule has 4 atom stereocenters. The van der Waals surface area contributed by atoms with Gasteiger partial charge in [-0.3, -0.25) is 9.59 Å². The standard InChI is InChI=1S/C28H32N2O5/c1-2-3-12-24(25(31)29-18-13-17-14-28(17,15-18)26(32)33)30-27(34)35-16-23-21-10-6-4-8-19(21)20-9-5-7-11-22(20)23/h4-11,17-18,23-24H,2-3,12-16H2,1H3,(H,29,31)(H,30,34)(H,32,33)/t17-,18+,24?,28+/m0/s1. The van der Waals surface area contributed by atoms with Crippen molar-refractivity contribution in [1.29, 1.82) is 0 Å². The number of hydrogen-bond acceptors (Lipinski definition) is 4. The van der Waals surface area contributed by atoms with Crippen LogP contribution in [0.4, 0.5) is 4.79 Å². The van der Waals surface area contributed by atoms with E-state index in [1.54, 1.807) is 0 Å². The lowest BCUT2D eigenvalue weighted by Gasteiger charge is -2.22. The average molecular weight is 477 g/mol. The number of nitrogens with one attached hydrogen (secondary N) is 2. The number of benzene rings is 2. The summed E-state index contributed by atoms with van der Waals surface area (Å²) in [5, 5.41) is 15.2. The second-order valence-electron chi connectivity index (χ2n) is 10.2. The van der Waals surface area contributed by atoms with E-state index in [4.69, 9.17) is 4.74 Å². The van der Waals surface area contributed by atoms with Gasteiger partial charge in [-0.05, 0) is 53.9 Å². The van der Waals surface area contributed by atoms with Gasteiger partial charge in [-0.25, -0.2) is 4.79 Å². The average Bonchev–Trinajstić information content (AvgIpc) is 3.28. The first-order chi connectivity index (χ1) is 16.9. The van der Waals surface area contributed by atoms with Crippen molar-refractivity contribution in [2.75, 3.05) is 6.61 Å². The summed E-state index contributed by atoms with van der Waals surface area (Å²) < 4.78 is 5.63. The van der Waals surface area contributed by atoms with Gasteiger partial charge in [-0.1, -0.05) is 68.3 Å². The largest absolute Gasteiger partial charge is 0.481 e. The van der Waals surface area contributed by atoms with Gasteiger partial charge in [-0.2, -0.15) is 0 Å². The second kappa shape index (κ2) is 9.36. The molecule has 2 fully saturated rings. The Bertz CT molecular complexity index is 1100. The number of hydrogen-bond donors (Lipinski definition) is 3. The highest BCUT2D eigenvalue weighted by Crippen LogP contribution is 2.63. The summed E-state index contributed by atoms with van der Waals surface area (Å²) in [5.41, 5.74) is 3.93. The molecule has 7 nitrogen and oxygen atoms in total. The Kier molecular flexibility index (Phi) is 6.26. The van der Waals surface area contributed by atoms with E-state index in [1.807, 2.05) is 31.2 Å². The third-order valence-corrected chi connectivity index (χ3v) is 7.98. The predicted octanol–water partition coefficient (Wildman–Crippen LogP) is 4.45. The molecule has 2 aromatic rings. The monoisotopic (exact) mass is 476 g/mol. The Hall–Kier alpha value is -3.35. The van der Waals surface area contributed by atoms with Crippen molar-refractivity contribution in [3.63, 3.8) is 0 Å². The Morgan fingerprint density at radius 2 is 1.71 bits per heavy atom. The fraction of sp³-hybridized carbons (Fsp3) is 0.464. The summed E-state index contributed by atoms with van der Waals surface area (Å²) in [5.74, 6) is -0.930. The third-order valence-electron chi connectivity index (χ3n) is 7.98. The molecular weight excluding hydrogens is 444 g/mol. The molecule has 5 rings (SSSR count). The van der Waals surface area contributed by atoms with Crippen LogP contribution in [0.1, 0.15) is 62.5 Å². The number of alkyl carbamates (subject to hydrolysis) is 1. The van der Waals surface area contributed by atoms with Crippen LogP contribution in [0, 0.1) is 11.3 Å². The number of fused-ring (bicyclic) bond motifs is 4. The molecule has 2 amide bonds. The maximum Gasteiger partial charge on any atom is 0.407 e. The molecule has 184 valence electrons. The topological polar surface area (TPSA) is 105 Å². The van der Waals surface area contributed by atoms with Crippen molar-refractivity contribution in [2.45, 2.75) is 63.5 Å². The highest BCUT2D eigenvalue weighted by atomic mass is 16.5. The summed E-state index contributed by atoms with van der Waals surface area (Å²) in [6.07, 6.45) is 3.42. The number of carbonyl (C=O) groups excluding carboxylic acids is 2. The molecule has 1 unspecified atom stereocenters. The number of ether oxygens (including phenoxy) is 1. The number of aliphatic carboxylic acids is 1. The van der Waals surface area contributed by atoms with Crippen molar-refractivity contribution >= 4 is 18.0 Å². The Morgan fingerprint density at radius 3 is 2.31 bits per heavy atom. The van der Waals surface area contributed by atoms with Crippen LogP contribution in [-0.4, -0.2) is 41.8 Å². The molecule has 0 aromatic heterocycles. The van der Waals surface area contributed by atoms with E-state index in [0.29, 0.717) is 25.7 Å². The quantitative estimate of drug-likeness (QED) is 0.496. The number of carboxylic acids is 1. The molecule has 35 heavy (non-hydrogen) atoms. The minimum atomic E-state index is -0.765. The molecule has 0 saturated heterocycles. The highest BCUT2D eigenvalue weighted by Gasteiger charge is 2.65. The lowest BCUT2D eigenvalue weighted by molar-refractivity contribution is -0.143. The van der Waals surface area contributed by atoms with Crippen LogP contribution in [0.25, 0.3) is 11.1 Å². The van der Waals surface area contributed by atoms with Crippen LogP contribution < -0.4 is 10.6 Å². The smallest absolute Gasteiger partial charge is 0.407 e. The van der Waals surface area contributed by atoms with Crippen LogP contribution in [0.2, 0.25) is 0 Å². The number of unbranched alkanes of at least 4 members (excludes halogenated alkanes) is 1. The van der Waals surface area contributed by atoms with Crippen LogP contribution in [0.15, 0.2) is 48.5 Å². The van der Waals surface area contributed by atoms with E-state index < -0.39 is 23.5 Å². The van der Waals surface area contributed by atoms with Crippen LogP contribution in [0.5, 0.6) is 0 Å². The Labute approximate surface area is 205 Å². The third kappa shape index (κ3) is 4.40. The molecule has 3 N–H and O–H groups in total. The lowest BCUT2D eigenvalue weighted by Crippen LogP contribution is -2.49. The van der Waals surface area contributed by atoms with Crippen LogP contribution >= 0.6 is 0 Å². The van der Waals surface area contributed by atoms with E-state index in [9.17, 15) is 19.5 Å². The Balaban J connectivity index is 1.19. The molecule has 7 heteroatoms. The van der Waals surface area contributed by atoms with Crippen molar-refractivity contribution in [3.8, 4) is 11.1 Å². The number of amides is 2.